The lowest BCUT2D eigenvalue weighted by Crippen LogP contribution is -2.46. The maximum absolute atomic E-state index is 3.72. The van der Waals surface area contributed by atoms with Crippen molar-refractivity contribution in [1.82, 2.24) is 15.5 Å². The molecule has 2 saturated heterocycles. The van der Waals surface area contributed by atoms with Crippen molar-refractivity contribution >= 4 is 0 Å². The van der Waals surface area contributed by atoms with Gasteiger partial charge in [0.2, 0.25) is 0 Å². The van der Waals surface area contributed by atoms with Gasteiger partial charge >= 0.3 is 0 Å². The van der Waals surface area contributed by atoms with E-state index in [4.69, 9.17) is 0 Å². The fraction of sp³-hybridized carbons (Fsp3) is 1.00. The smallest absolute Gasteiger partial charge is 0.0193 e. The van der Waals surface area contributed by atoms with E-state index in [0.29, 0.717) is 0 Å². The summed E-state index contributed by atoms with van der Waals surface area (Å²) in [4.78, 5) is 2.47. The van der Waals surface area contributed by atoms with E-state index in [2.05, 4.69) is 22.6 Å². The van der Waals surface area contributed by atoms with Crippen LogP contribution in [0.4, 0.5) is 0 Å². The Bertz CT molecular complexity index is 178. The summed E-state index contributed by atoms with van der Waals surface area (Å²) < 4.78 is 0. The number of hydrogen-bond donors (Lipinski definition) is 2. The van der Waals surface area contributed by atoms with E-state index >= 15 is 0 Å². The van der Waals surface area contributed by atoms with Crippen LogP contribution in [0.25, 0.3) is 0 Å². The lowest BCUT2D eigenvalue weighted by molar-refractivity contribution is 0.200. The third-order valence-corrected chi connectivity index (χ3v) is 3.71. The molecule has 0 spiro atoms. The van der Waals surface area contributed by atoms with E-state index < -0.39 is 0 Å². The second-order valence-corrected chi connectivity index (χ2v) is 5.22. The highest BCUT2D eigenvalue weighted by molar-refractivity contribution is 4.78. The zero-order valence-corrected chi connectivity index (χ0v) is 9.97. The molecule has 2 aliphatic heterocycles. The number of nitrogens with one attached hydrogen (secondary N) is 2. The second-order valence-electron chi connectivity index (χ2n) is 5.22. The van der Waals surface area contributed by atoms with E-state index in [1.807, 2.05) is 0 Å². The number of hydrogen-bond acceptors (Lipinski definition) is 3. The van der Waals surface area contributed by atoms with E-state index in [1.54, 1.807) is 0 Å². The van der Waals surface area contributed by atoms with Crippen LogP contribution in [-0.4, -0.2) is 50.7 Å². The Hall–Kier alpha value is -0.120. The predicted octanol–water partition coefficient (Wildman–Crippen LogP) is 0.670. The Balaban J connectivity index is 1.63. The van der Waals surface area contributed by atoms with Crippen LogP contribution >= 0.6 is 0 Å². The normalized spacial score (nSPS) is 34.2. The minimum Gasteiger partial charge on any atom is -0.315 e. The summed E-state index contributed by atoms with van der Waals surface area (Å²) in [6.45, 7) is 6.18. The van der Waals surface area contributed by atoms with Crippen molar-refractivity contribution in [2.75, 3.05) is 39.8 Å². The topological polar surface area (TPSA) is 27.3 Å². The van der Waals surface area contributed by atoms with Crippen LogP contribution in [0, 0.1) is 5.92 Å². The zero-order valence-electron chi connectivity index (χ0n) is 9.97. The maximum Gasteiger partial charge on any atom is 0.0193 e. The molecule has 2 unspecified atom stereocenters. The summed E-state index contributed by atoms with van der Waals surface area (Å²) in [5.41, 5.74) is 0. The van der Waals surface area contributed by atoms with Crippen molar-refractivity contribution in [3.8, 4) is 0 Å². The molecule has 0 saturated carbocycles. The Kier molecular flexibility index (Phi) is 4.42. The van der Waals surface area contributed by atoms with Crippen LogP contribution in [-0.2, 0) is 0 Å². The molecule has 0 aliphatic carbocycles. The molecule has 2 rings (SSSR count). The zero-order chi connectivity index (χ0) is 10.5. The summed E-state index contributed by atoms with van der Waals surface area (Å²) >= 11 is 0. The van der Waals surface area contributed by atoms with E-state index in [-0.39, 0.29) is 0 Å². The van der Waals surface area contributed by atoms with Crippen LogP contribution in [0.1, 0.15) is 25.7 Å². The summed E-state index contributed by atoms with van der Waals surface area (Å²) in [5.74, 6) is 0.880. The first-order valence-electron chi connectivity index (χ1n) is 6.47. The van der Waals surface area contributed by atoms with Gasteiger partial charge in [0, 0.05) is 19.1 Å². The Morgan fingerprint density at radius 3 is 3.00 bits per heavy atom. The molecule has 0 aromatic heterocycles. The molecule has 0 bridgehead atoms. The Labute approximate surface area is 93.6 Å². The molecule has 0 amide bonds. The van der Waals surface area contributed by atoms with Crippen LogP contribution in [0.5, 0.6) is 0 Å². The molecule has 3 heteroatoms. The minimum absolute atomic E-state index is 0.728. The van der Waals surface area contributed by atoms with Gasteiger partial charge in [-0.1, -0.05) is 0 Å². The van der Waals surface area contributed by atoms with E-state index in [1.165, 1.54) is 58.4 Å². The Morgan fingerprint density at radius 2 is 2.27 bits per heavy atom. The Morgan fingerprint density at radius 1 is 1.33 bits per heavy atom. The fourth-order valence-corrected chi connectivity index (χ4v) is 2.80. The molecule has 88 valence electrons. The standard InChI is InChI=1S/C12H25N3/c1-15-7-3-4-11(10-15)8-14-12-5-2-6-13-9-12/h11-14H,2-10H2,1H3. The molecule has 2 N–H and O–H groups in total. The molecular weight excluding hydrogens is 186 g/mol. The first-order valence-corrected chi connectivity index (χ1v) is 6.47. The molecule has 0 aromatic rings. The first-order chi connectivity index (χ1) is 7.34. The average molecular weight is 211 g/mol. The minimum atomic E-state index is 0.728. The quantitative estimate of drug-likeness (QED) is 0.718. The van der Waals surface area contributed by atoms with Crippen molar-refractivity contribution in [1.29, 1.82) is 0 Å². The predicted molar refractivity (Wildman–Crippen MR) is 64.1 cm³/mol. The van der Waals surface area contributed by atoms with Gasteiger partial charge in [-0.2, -0.15) is 0 Å². The van der Waals surface area contributed by atoms with Gasteiger partial charge in [-0.05, 0) is 58.3 Å². The van der Waals surface area contributed by atoms with Gasteiger partial charge in [0.1, 0.15) is 0 Å². The van der Waals surface area contributed by atoms with Gasteiger partial charge in [-0.15, -0.1) is 0 Å². The number of nitrogens with zero attached hydrogens (tertiary/aromatic N) is 1. The highest BCUT2D eigenvalue weighted by Gasteiger charge is 2.19. The fourth-order valence-electron chi connectivity index (χ4n) is 2.80. The van der Waals surface area contributed by atoms with E-state index in [0.717, 1.165) is 12.0 Å². The van der Waals surface area contributed by atoms with Crippen LogP contribution in [0.15, 0.2) is 0 Å². The highest BCUT2D eigenvalue weighted by Crippen LogP contribution is 2.14. The van der Waals surface area contributed by atoms with Crippen molar-refractivity contribution < 1.29 is 0 Å². The number of rotatable bonds is 3. The molecular formula is C12H25N3. The van der Waals surface area contributed by atoms with Gasteiger partial charge in [-0.3, -0.25) is 0 Å². The molecule has 15 heavy (non-hydrogen) atoms. The van der Waals surface area contributed by atoms with Crippen molar-refractivity contribution in [3.63, 3.8) is 0 Å². The summed E-state index contributed by atoms with van der Waals surface area (Å²) in [7, 11) is 2.24. The third-order valence-electron chi connectivity index (χ3n) is 3.71. The van der Waals surface area contributed by atoms with Crippen LogP contribution in [0.3, 0.4) is 0 Å². The number of piperidine rings is 2. The second kappa shape index (κ2) is 5.83. The molecule has 2 fully saturated rings. The SMILES string of the molecule is CN1CCCC(CNC2CCCNC2)C1. The molecule has 0 aromatic carbocycles. The molecule has 0 radical (unpaired) electrons. The average Bonchev–Trinajstić information content (AvgIpc) is 2.28. The lowest BCUT2D eigenvalue weighted by atomic mass is 9.97. The molecule has 2 atom stereocenters. The summed E-state index contributed by atoms with van der Waals surface area (Å²) in [6, 6.07) is 0.728. The van der Waals surface area contributed by atoms with Crippen LogP contribution in [0.2, 0.25) is 0 Å². The van der Waals surface area contributed by atoms with Gasteiger partial charge in [-0.25, -0.2) is 0 Å². The molecule has 2 heterocycles. The third kappa shape index (κ3) is 3.74. The van der Waals surface area contributed by atoms with Crippen molar-refractivity contribution in [2.24, 2.45) is 5.92 Å². The molecule has 2 aliphatic rings. The molecule has 3 nitrogen and oxygen atoms in total. The number of likely N-dealkylation sites (tertiary alicyclic amines) is 1. The van der Waals surface area contributed by atoms with Gasteiger partial charge in [0.15, 0.2) is 0 Å². The van der Waals surface area contributed by atoms with Gasteiger partial charge in [0.05, 0.1) is 0 Å². The monoisotopic (exact) mass is 211 g/mol. The van der Waals surface area contributed by atoms with E-state index in [9.17, 15) is 0 Å². The van der Waals surface area contributed by atoms with Crippen molar-refractivity contribution in [2.45, 2.75) is 31.7 Å². The lowest BCUT2D eigenvalue weighted by Gasteiger charge is -2.32. The van der Waals surface area contributed by atoms with Crippen LogP contribution < -0.4 is 10.6 Å². The first kappa shape index (κ1) is 11.4. The largest absolute Gasteiger partial charge is 0.315 e. The van der Waals surface area contributed by atoms with Gasteiger partial charge in [0.25, 0.3) is 0 Å². The van der Waals surface area contributed by atoms with Gasteiger partial charge < -0.3 is 15.5 Å². The van der Waals surface area contributed by atoms with Crippen molar-refractivity contribution in [3.05, 3.63) is 0 Å². The summed E-state index contributed by atoms with van der Waals surface area (Å²) in [5, 5.41) is 7.18. The highest BCUT2D eigenvalue weighted by atomic mass is 15.1. The maximum atomic E-state index is 3.72. The summed E-state index contributed by atoms with van der Waals surface area (Å²) in [6.07, 6.45) is 5.49.